The van der Waals surface area contributed by atoms with E-state index in [4.69, 9.17) is 16.3 Å². The fraction of sp³-hybridized carbons (Fsp3) is 0.333. The number of ether oxygens (including phenoxy) is 1. The lowest BCUT2D eigenvalue weighted by molar-refractivity contribution is -0.124. The molecule has 164 valence electrons. The minimum absolute atomic E-state index is 0.0460. The van der Waals surface area contributed by atoms with Crippen LogP contribution in [0.2, 0.25) is 5.02 Å². The molecule has 2 aromatic rings. The topological polar surface area (TPSA) is 105 Å². The fourth-order valence-corrected chi connectivity index (χ4v) is 6.00. The summed E-state index contributed by atoms with van der Waals surface area (Å²) in [5.41, 5.74) is 2.34. The number of sulfonamides is 1. The highest BCUT2D eigenvalue weighted by molar-refractivity contribution is 7.89. The van der Waals surface area contributed by atoms with Crippen molar-refractivity contribution in [1.82, 2.24) is 9.62 Å². The molecule has 0 bridgehead atoms. The molecule has 0 spiro atoms. The highest BCUT2D eigenvalue weighted by Crippen LogP contribution is 2.38. The summed E-state index contributed by atoms with van der Waals surface area (Å²) in [5.74, 6) is -0.466. The van der Waals surface area contributed by atoms with Gasteiger partial charge in [-0.25, -0.2) is 8.42 Å². The number of nitrogens with one attached hydrogen (secondary N) is 2. The summed E-state index contributed by atoms with van der Waals surface area (Å²) >= 11 is 6.24. The van der Waals surface area contributed by atoms with Gasteiger partial charge in [0.15, 0.2) is 6.61 Å². The van der Waals surface area contributed by atoms with Gasteiger partial charge < -0.3 is 15.4 Å². The van der Waals surface area contributed by atoms with Gasteiger partial charge in [-0.2, -0.15) is 4.31 Å². The van der Waals surface area contributed by atoms with Crippen molar-refractivity contribution in [3.05, 3.63) is 52.5 Å². The number of fused-ring (bicyclic) bond motifs is 1. The van der Waals surface area contributed by atoms with Crippen LogP contribution in [0.1, 0.15) is 24.0 Å². The predicted molar refractivity (Wildman–Crippen MR) is 116 cm³/mol. The van der Waals surface area contributed by atoms with Gasteiger partial charge in [0.2, 0.25) is 15.9 Å². The molecule has 0 aromatic heterocycles. The fourth-order valence-electron chi connectivity index (χ4n) is 3.82. The Morgan fingerprint density at radius 2 is 2.13 bits per heavy atom. The Morgan fingerprint density at radius 3 is 2.90 bits per heavy atom. The maximum Gasteiger partial charge on any atom is 0.262 e. The van der Waals surface area contributed by atoms with Crippen LogP contribution in [0.25, 0.3) is 0 Å². The number of hydrogen-bond acceptors (Lipinski definition) is 5. The molecule has 2 heterocycles. The molecular formula is C21H22ClN3O5S. The zero-order valence-corrected chi connectivity index (χ0v) is 18.4. The summed E-state index contributed by atoms with van der Waals surface area (Å²) < 4.78 is 33.2. The summed E-state index contributed by atoms with van der Waals surface area (Å²) in [6.45, 7) is 2.30. The van der Waals surface area contributed by atoms with E-state index in [9.17, 15) is 18.0 Å². The maximum absolute atomic E-state index is 13.4. The Labute approximate surface area is 185 Å². The molecule has 2 N–H and O–H groups in total. The monoisotopic (exact) mass is 463 g/mol. The lowest BCUT2D eigenvalue weighted by atomic mass is 10.1. The van der Waals surface area contributed by atoms with Crippen molar-refractivity contribution in [2.75, 3.05) is 18.5 Å². The SMILES string of the molecule is Cc1cccc(CNC(=O)C2CCCN2S(=O)(=O)c2cc3c(cc2Cl)NC(=O)CO3)c1. The van der Waals surface area contributed by atoms with E-state index in [0.717, 1.165) is 11.1 Å². The Bertz CT molecular complexity index is 1150. The van der Waals surface area contributed by atoms with Crippen LogP contribution in [-0.4, -0.2) is 43.7 Å². The second-order valence-electron chi connectivity index (χ2n) is 7.60. The van der Waals surface area contributed by atoms with Crippen molar-refractivity contribution < 1.29 is 22.7 Å². The largest absolute Gasteiger partial charge is 0.482 e. The van der Waals surface area contributed by atoms with Crippen LogP contribution in [0.3, 0.4) is 0 Å². The van der Waals surface area contributed by atoms with E-state index in [0.29, 0.717) is 25.1 Å². The van der Waals surface area contributed by atoms with Crippen LogP contribution < -0.4 is 15.4 Å². The molecule has 0 radical (unpaired) electrons. The van der Waals surface area contributed by atoms with Gasteiger partial charge in [0, 0.05) is 19.2 Å². The van der Waals surface area contributed by atoms with Crippen molar-refractivity contribution >= 4 is 39.1 Å². The lowest BCUT2D eigenvalue weighted by Crippen LogP contribution is -2.45. The Hall–Kier alpha value is -2.62. The number of carbonyl (C=O) groups is 2. The third-order valence-corrected chi connectivity index (χ3v) is 7.68. The van der Waals surface area contributed by atoms with Gasteiger partial charge in [0.05, 0.1) is 10.7 Å². The number of amides is 2. The number of rotatable bonds is 5. The van der Waals surface area contributed by atoms with E-state index in [1.807, 2.05) is 31.2 Å². The van der Waals surface area contributed by atoms with Crippen molar-refractivity contribution in [3.8, 4) is 5.75 Å². The van der Waals surface area contributed by atoms with E-state index in [1.54, 1.807) is 0 Å². The molecule has 0 saturated carbocycles. The van der Waals surface area contributed by atoms with Gasteiger partial charge in [-0.3, -0.25) is 9.59 Å². The summed E-state index contributed by atoms with van der Waals surface area (Å²) in [7, 11) is -4.05. The minimum atomic E-state index is -4.05. The van der Waals surface area contributed by atoms with E-state index in [1.165, 1.54) is 16.4 Å². The molecule has 1 unspecified atom stereocenters. The molecule has 2 aliphatic heterocycles. The van der Waals surface area contributed by atoms with Gasteiger partial charge >= 0.3 is 0 Å². The van der Waals surface area contributed by atoms with Crippen LogP contribution in [0, 0.1) is 6.92 Å². The molecule has 31 heavy (non-hydrogen) atoms. The molecule has 4 rings (SSSR count). The summed E-state index contributed by atoms with van der Waals surface area (Å²) in [5, 5.41) is 5.39. The third kappa shape index (κ3) is 4.39. The van der Waals surface area contributed by atoms with Gasteiger partial charge in [0.1, 0.15) is 16.7 Å². The van der Waals surface area contributed by atoms with E-state index >= 15 is 0 Å². The van der Waals surface area contributed by atoms with Gasteiger partial charge in [-0.15, -0.1) is 0 Å². The molecule has 1 saturated heterocycles. The van der Waals surface area contributed by atoms with Gasteiger partial charge in [-0.05, 0) is 31.4 Å². The number of benzene rings is 2. The summed E-state index contributed by atoms with van der Waals surface area (Å²) in [4.78, 5) is 24.2. The Morgan fingerprint density at radius 1 is 1.32 bits per heavy atom. The summed E-state index contributed by atoms with van der Waals surface area (Å²) in [6, 6.07) is 9.58. The van der Waals surface area contributed by atoms with Crippen LogP contribution in [0.15, 0.2) is 41.3 Å². The number of nitrogens with zero attached hydrogens (tertiary/aromatic N) is 1. The number of aryl methyl sites for hydroxylation is 1. The van der Waals surface area contributed by atoms with E-state index in [-0.39, 0.29) is 40.6 Å². The van der Waals surface area contributed by atoms with Crippen molar-refractivity contribution in [2.45, 2.75) is 37.2 Å². The molecular weight excluding hydrogens is 442 g/mol. The average molecular weight is 464 g/mol. The molecule has 1 fully saturated rings. The van der Waals surface area contributed by atoms with E-state index in [2.05, 4.69) is 10.6 Å². The standard InChI is InChI=1S/C21H22ClN3O5S/c1-13-4-2-5-14(8-13)11-23-21(27)17-6-3-7-25(17)31(28,29)19-10-18-16(9-15(19)22)24-20(26)12-30-18/h2,4-5,8-10,17H,3,6-7,11-12H2,1H3,(H,23,27)(H,24,26). The average Bonchev–Trinajstić information content (AvgIpc) is 3.22. The maximum atomic E-state index is 13.4. The predicted octanol–water partition coefficient (Wildman–Crippen LogP) is 2.45. The second-order valence-corrected chi connectivity index (χ2v) is 9.86. The normalized spacial score (nSPS) is 18.8. The van der Waals surface area contributed by atoms with Crippen molar-refractivity contribution in [2.24, 2.45) is 0 Å². The molecule has 1 atom stereocenters. The first-order valence-electron chi connectivity index (χ1n) is 9.87. The number of hydrogen-bond donors (Lipinski definition) is 2. The first-order valence-corrected chi connectivity index (χ1v) is 11.7. The zero-order valence-electron chi connectivity index (χ0n) is 16.9. The minimum Gasteiger partial charge on any atom is -0.482 e. The number of carbonyl (C=O) groups excluding carboxylic acids is 2. The smallest absolute Gasteiger partial charge is 0.262 e. The first-order chi connectivity index (χ1) is 14.8. The molecule has 2 aliphatic rings. The number of halogens is 1. The zero-order chi connectivity index (χ0) is 22.2. The summed E-state index contributed by atoms with van der Waals surface area (Å²) in [6.07, 6.45) is 0.991. The third-order valence-electron chi connectivity index (χ3n) is 5.31. The second kappa shape index (κ2) is 8.49. The van der Waals surface area contributed by atoms with Crippen LogP contribution in [-0.2, 0) is 26.2 Å². The van der Waals surface area contributed by atoms with Crippen molar-refractivity contribution in [3.63, 3.8) is 0 Å². The van der Waals surface area contributed by atoms with Gasteiger partial charge in [-0.1, -0.05) is 41.4 Å². The highest BCUT2D eigenvalue weighted by atomic mass is 35.5. The van der Waals surface area contributed by atoms with E-state index < -0.39 is 16.1 Å². The molecule has 10 heteroatoms. The number of anilines is 1. The molecule has 8 nitrogen and oxygen atoms in total. The first kappa shape index (κ1) is 21.6. The highest BCUT2D eigenvalue weighted by Gasteiger charge is 2.40. The Balaban J connectivity index is 1.55. The Kier molecular flexibility index (Phi) is 5.92. The van der Waals surface area contributed by atoms with Gasteiger partial charge in [0.25, 0.3) is 5.91 Å². The lowest BCUT2D eigenvalue weighted by Gasteiger charge is -2.25. The van der Waals surface area contributed by atoms with Crippen molar-refractivity contribution in [1.29, 1.82) is 0 Å². The molecule has 2 aromatic carbocycles. The van der Waals surface area contributed by atoms with Crippen LogP contribution in [0.4, 0.5) is 5.69 Å². The molecule has 0 aliphatic carbocycles. The van der Waals surface area contributed by atoms with Crippen LogP contribution in [0.5, 0.6) is 5.75 Å². The van der Waals surface area contributed by atoms with Crippen LogP contribution >= 0.6 is 11.6 Å². The quantitative estimate of drug-likeness (QED) is 0.708. The molecule has 2 amide bonds.